The summed E-state index contributed by atoms with van der Waals surface area (Å²) < 4.78 is 5.48. The first-order valence-corrected chi connectivity index (χ1v) is 12.8. The lowest BCUT2D eigenvalue weighted by molar-refractivity contribution is 0.112. The summed E-state index contributed by atoms with van der Waals surface area (Å²) in [6, 6.07) is 14.1. The number of nitrogens with one attached hydrogen (secondary N) is 2. The van der Waals surface area contributed by atoms with Crippen molar-refractivity contribution in [3.05, 3.63) is 77.8 Å². The average Bonchev–Trinajstić information content (AvgIpc) is 3.42. The van der Waals surface area contributed by atoms with E-state index >= 15 is 0 Å². The van der Waals surface area contributed by atoms with Crippen LogP contribution in [-0.2, 0) is 12.8 Å². The molecule has 0 aliphatic carbocycles. The zero-order valence-electron chi connectivity index (χ0n) is 21.9. The molecule has 3 heterocycles. The van der Waals surface area contributed by atoms with Crippen molar-refractivity contribution in [2.24, 2.45) is 0 Å². The van der Waals surface area contributed by atoms with Crippen molar-refractivity contribution in [2.75, 3.05) is 57.0 Å². The second-order valence-corrected chi connectivity index (χ2v) is 9.14. The molecule has 37 heavy (non-hydrogen) atoms. The van der Waals surface area contributed by atoms with Crippen molar-refractivity contribution in [3.8, 4) is 0 Å². The molecular weight excluding hydrogens is 464 g/mol. The lowest BCUT2D eigenvalue weighted by Gasteiger charge is -2.35. The molecule has 2 aromatic heterocycles. The highest BCUT2D eigenvalue weighted by molar-refractivity contribution is 5.88. The van der Waals surface area contributed by atoms with E-state index in [0.717, 1.165) is 79.6 Å². The summed E-state index contributed by atoms with van der Waals surface area (Å²) in [4.78, 5) is 25.1. The fraction of sp³-hybridized carbons (Fsp3) is 0.345. The highest BCUT2D eigenvalue weighted by Gasteiger charge is 2.15. The Morgan fingerprint density at radius 2 is 1.68 bits per heavy atom. The summed E-state index contributed by atoms with van der Waals surface area (Å²) >= 11 is 0. The van der Waals surface area contributed by atoms with Gasteiger partial charge in [0.25, 0.3) is 0 Å². The lowest BCUT2D eigenvalue weighted by Crippen LogP contribution is -2.46. The molecule has 0 spiro atoms. The second kappa shape index (κ2) is 13.0. The minimum absolute atomic E-state index is 0.577. The van der Waals surface area contributed by atoms with Gasteiger partial charge in [0.15, 0.2) is 0 Å². The molecule has 0 bridgehead atoms. The van der Waals surface area contributed by atoms with Gasteiger partial charge in [-0.15, -0.1) is 0 Å². The quantitative estimate of drug-likeness (QED) is 0.341. The number of piperazine rings is 1. The summed E-state index contributed by atoms with van der Waals surface area (Å²) in [7, 11) is 3.75. The van der Waals surface area contributed by atoms with Crippen molar-refractivity contribution in [1.82, 2.24) is 20.2 Å². The molecule has 2 aromatic carbocycles. The first kappa shape index (κ1) is 26.3. The lowest BCUT2D eigenvalue weighted by atomic mass is 10.0. The monoisotopic (exact) mass is 500 g/mol. The third-order valence-electron chi connectivity index (χ3n) is 6.51. The Morgan fingerprint density at radius 1 is 0.973 bits per heavy atom. The maximum Gasteiger partial charge on any atom is 0.227 e. The van der Waals surface area contributed by atoms with Gasteiger partial charge < -0.3 is 24.9 Å². The van der Waals surface area contributed by atoms with Gasteiger partial charge in [0.2, 0.25) is 5.95 Å². The molecule has 1 fully saturated rings. The van der Waals surface area contributed by atoms with Gasteiger partial charge in [-0.25, -0.2) is 9.97 Å². The minimum atomic E-state index is 0.577. The van der Waals surface area contributed by atoms with Crippen LogP contribution in [0.5, 0.6) is 0 Å². The summed E-state index contributed by atoms with van der Waals surface area (Å²) in [6.45, 7) is 7.71. The molecule has 8 nitrogen and oxygen atoms in total. The van der Waals surface area contributed by atoms with Crippen molar-refractivity contribution in [3.63, 3.8) is 0 Å². The zero-order chi connectivity index (χ0) is 26.0. The number of likely N-dealkylation sites (N-methyl/N-ethyl adjacent to an activating group) is 1. The highest BCUT2D eigenvalue weighted by Crippen LogP contribution is 2.24. The number of aromatic nitrogens is 2. The zero-order valence-corrected chi connectivity index (χ0v) is 21.9. The van der Waals surface area contributed by atoms with E-state index in [1.165, 1.54) is 5.69 Å². The summed E-state index contributed by atoms with van der Waals surface area (Å²) in [6.07, 6.45) is 7.78. The van der Waals surface area contributed by atoms with E-state index in [1.54, 1.807) is 12.3 Å². The number of aryl methyl sites for hydroxylation is 2. The predicted molar refractivity (Wildman–Crippen MR) is 150 cm³/mol. The standard InChI is InChI=1S/C27H29N5O2.C2H7N/c1-2-31-10-12-32(13-11-31)24-7-5-23(6-8-24)30-27-28-17-20(18-29-27)3-4-22-15-21(19-33)16-26-25(22)9-14-34-26;1-3-2/h5-9,14-19H,2-4,10-13H2,1H3,(H,28,29,30);3H,1-2H3. The van der Waals surface area contributed by atoms with Crippen LogP contribution >= 0.6 is 0 Å². The molecule has 0 saturated carbocycles. The number of fused-ring (bicyclic) bond motifs is 1. The van der Waals surface area contributed by atoms with Crippen LogP contribution in [0.3, 0.4) is 0 Å². The number of carbonyl (C=O) groups excluding carboxylic acids is 1. The number of anilines is 3. The highest BCUT2D eigenvalue weighted by atomic mass is 16.3. The number of hydrogen-bond acceptors (Lipinski definition) is 8. The Kier molecular flexibility index (Phi) is 9.24. The van der Waals surface area contributed by atoms with Crippen molar-refractivity contribution < 1.29 is 9.21 Å². The first-order chi connectivity index (χ1) is 18.1. The van der Waals surface area contributed by atoms with Crippen LogP contribution in [0, 0.1) is 0 Å². The van der Waals surface area contributed by atoms with E-state index in [4.69, 9.17) is 4.42 Å². The van der Waals surface area contributed by atoms with Gasteiger partial charge in [0.1, 0.15) is 11.9 Å². The van der Waals surface area contributed by atoms with Crippen molar-refractivity contribution in [2.45, 2.75) is 19.8 Å². The Morgan fingerprint density at radius 3 is 2.32 bits per heavy atom. The van der Waals surface area contributed by atoms with Crippen LogP contribution in [0.15, 0.2) is 65.5 Å². The maximum atomic E-state index is 11.2. The Labute approximate surface area is 218 Å². The molecule has 8 heteroatoms. The van der Waals surface area contributed by atoms with Gasteiger partial charge in [0, 0.05) is 60.9 Å². The molecule has 0 atom stereocenters. The average molecular weight is 501 g/mol. The molecule has 1 aliphatic rings. The number of hydrogen-bond donors (Lipinski definition) is 2. The molecule has 0 radical (unpaired) electrons. The molecular formula is C29H36N6O2. The molecule has 4 aromatic rings. The maximum absolute atomic E-state index is 11.2. The topological polar surface area (TPSA) is 86.5 Å². The molecule has 1 saturated heterocycles. The Balaban J connectivity index is 0.00000102. The summed E-state index contributed by atoms with van der Waals surface area (Å²) in [5.41, 5.74) is 5.72. The van der Waals surface area contributed by atoms with Crippen LogP contribution < -0.4 is 15.5 Å². The predicted octanol–water partition coefficient (Wildman–Crippen LogP) is 4.54. The first-order valence-electron chi connectivity index (χ1n) is 12.8. The molecule has 1 aliphatic heterocycles. The van der Waals surface area contributed by atoms with Crippen molar-refractivity contribution in [1.29, 1.82) is 0 Å². The second-order valence-electron chi connectivity index (χ2n) is 9.14. The van der Waals surface area contributed by atoms with E-state index in [0.29, 0.717) is 11.5 Å². The van der Waals surface area contributed by atoms with Crippen LogP contribution in [-0.4, -0.2) is 68.0 Å². The van der Waals surface area contributed by atoms with Crippen molar-refractivity contribution >= 4 is 34.6 Å². The molecule has 194 valence electrons. The molecule has 5 rings (SSSR count). The van der Waals surface area contributed by atoms with Crippen LogP contribution in [0.2, 0.25) is 0 Å². The SMILES string of the molecule is CCN1CCN(c2ccc(Nc3ncc(CCc4cc(C=O)cc5occc45)cn3)cc2)CC1.CNC. The Bertz CT molecular complexity index is 1260. The molecule has 2 N–H and O–H groups in total. The molecule has 0 unspecified atom stereocenters. The third-order valence-corrected chi connectivity index (χ3v) is 6.51. The largest absolute Gasteiger partial charge is 0.464 e. The van der Waals surface area contributed by atoms with Crippen LogP contribution in [0.1, 0.15) is 28.4 Å². The van der Waals surface area contributed by atoms with E-state index < -0.39 is 0 Å². The minimum Gasteiger partial charge on any atom is -0.464 e. The van der Waals surface area contributed by atoms with Gasteiger partial charge in [-0.3, -0.25) is 4.79 Å². The van der Waals surface area contributed by atoms with Gasteiger partial charge in [0.05, 0.1) is 6.26 Å². The number of furan rings is 1. The number of rotatable bonds is 8. The number of benzene rings is 2. The number of carbonyl (C=O) groups is 1. The van der Waals surface area contributed by atoms with Gasteiger partial charge in [-0.1, -0.05) is 6.92 Å². The molecule has 0 amide bonds. The van der Waals surface area contributed by atoms with Gasteiger partial charge in [-0.05, 0) is 87.1 Å². The fourth-order valence-electron chi connectivity index (χ4n) is 4.48. The Hall–Kier alpha value is -3.75. The normalized spacial score (nSPS) is 13.8. The van der Waals surface area contributed by atoms with E-state index in [9.17, 15) is 4.79 Å². The summed E-state index contributed by atoms with van der Waals surface area (Å²) in [5, 5.41) is 7.08. The smallest absolute Gasteiger partial charge is 0.227 e. The number of aldehydes is 1. The number of nitrogens with zero attached hydrogens (tertiary/aromatic N) is 4. The fourth-order valence-corrected chi connectivity index (χ4v) is 4.48. The summed E-state index contributed by atoms with van der Waals surface area (Å²) in [5.74, 6) is 0.577. The third kappa shape index (κ3) is 6.93. The van der Waals surface area contributed by atoms with Crippen LogP contribution in [0.4, 0.5) is 17.3 Å². The van der Waals surface area contributed by atoms with Crippen LogP contribution in [0.25, 0.3) is 11.0 Å². The van der Waals surface area contributed by atoms with Gasteiger partial charge >= 0.3 is 0 Å². The van der Waals surface area contributed by atoms with E-state index in [-0.39, 0.29) is 0 Å². The van der Waals surface area contributed by atoms with E-state index in [1.807, 2.05) is 38.6 Å². The van der Waals surface area contributed by atoms with Gasteiger partial charge in [-0.2, -0.15) is 0 Å². The van der Waals surface area contributed by atoms with E-state index in [2.05, 4.69) is 61.6 Å².